The molecule has 1 atom stereocenters. The molecule has 2 rings (SSSR count). The first-order valence-electron chi connectivity index (χ1n) is 6.35. The first-order valence-corrected chi connectivity index (χ1v) is 6.35. The highest BCUT2D eigenvalue weighted by Gasteiger charge is 2.28. The number of nitrogens with zero attached hydrogens (tertiary/aromatic N) is 2. The summed E-state index contributed by atoms with van der Waals surface area (Å²) in [6.07, 6.45) is 0.900. The molecule has 7 heteroatoms. The van der Waals surface area contributed by atoms with Crippen molar-refractivity contribution in [1.82, 2.24) is 10.2 Å². The van der Waals surface area contributed by atoms with Crippen molar-refractivity contribution in [2.45, 2.75) is 12.5 Å². The van der Waals surface area contributed by atoms with Crippen LogP contribution in [0.25, 0.3) is 0 Å². The van der Waals surface area contributed by atoms with Crippen molar-refractivity contribution in [2.24, 2.45) is 0 Å². The fourth-order valence-electron chi connectivity index (χ4n) is 2.32. The average Bonchev–Trinajstić information content (AvgIpc) is 2.94. The lowest BCUT2D eigenvalue weighted by molar-refractivity contribution is -0.384. The van der Waals surface area contributed by atoms with E-state index in [-0.39, 0.29) is 17.3 Å². The van der Waals surface area contributed by atoms with Crippen LogP contribution < -0.4 is 10.1 Å². The van der Waals surface area contributed by atoms with Crippen molar-refractivity contribution >= 4 is 11.6 Å². The summed E-state index contributed by atoms with van der Waals surface area (Å²) >= 11 is 0. The van der Waals surface area contributed by atoms with Crippen molar-refractivity contribution < 1.29 is 14.5 Å². The van der Waals surface area contributed by atoms with Gasteiger partial charge in [0.2, 0.25) is 0 Å². The Bertz CT molecular complexity index is 532. The standard InChI is InChI=1S/C13H17N3O4/c1-14-9-5-6-15(8-9)13(17)11-4-3-10(16(18)19)7-12(11)20-2/h3-4,7,9,14H,5-6,8H2,1-2H3. The van der Waals surface area contributed by atoms with Gasteiger partial charge < -0.3 is 15.0 Å². The highest BCUT2D eigenvalue weighted by Crippen LogP contribution is 2.26. The molecular weight excluding hydrogens is 262 g/mol. The Hall–Kier alpha value is -2.15. The van der Waals surface area contributed by atoms with Crippen LogP contribution >= 0.6 is 0 Å². The lowest BCUT2D eigenvalue weighted by atomic mass is 10.1. The minimum Gasteiger partial charge on any atom is -0.496 e. The van der Waals surface area contributed by atoms with Gasteiger partial charge in [0.1, 0.15) is 5.75 Å². The van der Waals surface area contributed by atoms with Gasteiger partial charge in [-0.3, -0.25) is 14.9 Å². The molecule has 1 amide bonds. The first-order chi connectivity index (χ1) is 9.56. The molecule has 1 aromatic carbocycles. The van der Waals surface area contributed by atoms with Crippen LogP contribution in [0, 0.1) is 10.1 Å². The summed E-state index contributed by atoms with van der Waals surface area (Å²) in [7, 11) is 3.27. The zero-order valence-electron chi connectivity index (χ0n) is 11.5. The smallest absolute Gasteiger partial charge is 0.273 e. The Kier molecular flexibility index (Phi) is 4.19. The molecule has 0 bridgehead atoms. The number of rotatable bonds is 4. The Balaban J connectivity index is 2.24. The van der Waals surface area contributed by atoms with Crippen molar-refractivity contribution in [3.05, 3.63) is 33.9 Å². The van der Waals surface area contributed by atoms with Crippen molar-refractivity contribution in [3.63, 3.8) is 0 Å². The molecule has 7 nitrogen and oxygen atoms in total. The quantitative estimate of drug-likeness (QED) is 0.657. The van der Waals surface area contributed by atoms with E-state index < -0.39 is 4.92 Å². The summed E-state index contributed by atoms with van der Waals surface area (Å²) in [5.41, 5.74) is 0.266. The van der Waals surface area contributed by atoms with Crippen molar-refractivity contribution in [2.75, 3.05) is 27.2 Å². The van der Waals surface area contributed by atoms with Gasteiger partial charge in [-0.15, -0.1) is 0 Å². The molecule has 1 aliphatic rings. The number of non-ortho nitro benzene ring substituents is 1. The van der Waals surface area contributed by atoms with Crippen molar-refractivity contribution in [3.8, 4) is 5.75 Å². The minimum atomic E-state index is -0.510. The fraction of sp³-hybridized carbons (Fsp3) is 0.462. The summed E-state index contributed by atoms with van der Waals surface area (Å²) in [5.74, 6) is 0.0756. The van der Waals surface area contributed by atoms with E-state index >= 15 is 0 Å². The van der Waals surface area contributed by atoms with Gasteiger partial charge in [-0.1, -0.05) is 0 Å². The van der Waals surface area contributed by atoms with E-state index in [4.69, 9.17) is 4.74 Å². The third-order valence-electron chi connectivity index (χ3n) is 3.51. The zero-order chi connectivity index (χ0) is 14.7. The first kappa shape index (κ1) is 14.3. The van der Waals surface area contributed by atoms with E-state index in [1.54, 1.807) is 4.90 Å². The zero-order valence-corrected chi connectivity index (χ0v) is 11.5. The van der Waals surface area contributed by atoms with E-state index in [0.29, 0.717) is 24.7 Å². The molecule has 0 aliphatic carbocycles. The number of hydrogen-bond acceptors (Lipinski definition) is 5. The van der Waals surface area contributed by atoms with Gasteiger partial charge in [-0.05, 0) is 19.5 Å². The Labute approximate surface area is 116 Å². The Morgan fingerprint density at radius 2 is 2.30 bits per heavy atom. The van der Waals surface area contributed by atoms with Gasteiger partial charge in [0, 0.05) is 25.2 Å². The normalized spacial score (nSPS) is 18.1. The second-order valence-electron chi connectivity index (χ2n) is 4.67. The molecule has 1 aliphatic heterocycles. The maximum absolute atomic E-state index is 12.4. The molecule has 0 saturated carbocycles. The van der Waals surface area contributed by atoms with E-state index in [1.165, 1.54) is 25.3 Å². The Morgan fingerprint density at radius 3 is 2.85 bits per heavy atom. The number of nitrogens with one attached hydrogen (secondary N) is 1. The largest absolute Gasteiger partial charge is 0.496 e. The summed E-state index contributed by atoms with van der Waals surface area (Å²) in [4.78, 5) is 24.4. The van der Waals surface area contributed by atoms with E-state index in [0.717, 1.165) is 6.42 Å². The number of methoxy groups -OCH3 is 1. The summed E-state index contributed by atoms with van der Waals surface area (Å²) in [5, 5.41) is 13.9. The van der Waals surface area contributed by atoms with Gasteiger partial charge in [0.15, 0.2) is 0 Å². The van der Waals surface area contributed by atoms with Crippen LogP contribution in [0.5, 0.6) is 5.75 Å². The maximum atomic E-state index is 12.4. The highest BCUT2D eigenvalue weighted by atomic mass is 16.6. The number of nitro groups is 1. The van der Waals surface area contributed by atoms with Crippen LogP contribution in [0.2, 0.25) is 0 Å². The van der Waals surface area contributed by atoms with E-state index in [2.05, 4.69) is 5.32 Å². The van der Waals surface area contributed by atoms with E-state index in [1.807, 2.05) is 7.05 Å². The predicted molar refractivity (Wildman–Crippen MR) is 73.0 cm³/mol. The number of carbonyl (C=O) groups is 1. The number of carbonyl (C=O) groups excluding carboxylic acids is 1. The van der Waals surface area contributed by atoms with Crippen LogP contribution in [0.15, 0.2) is 18.2 Å². The number of hydrogen-bond donors (Lipinski definition) is 1. The second-order valence-corrected chi connectivity index (χ2v) is 4.67. The lowest BCUT2D eigenvalue weighted by Gasteiger charge is -2.18. The molecule has 1 N–H and O–H groups in total. The third kappa shape index (κ3) is 2.72. The number of ether oxygens (including phenoxy) is 1. The molecule has 20 heavy (non-hydrogen) atoms. The van der Waals surface area contributed by atoms with Crippen molar-refractivity contribution in [1.29, 1.82) is 0 Å². The van der Waals surface area contributed by atoms with Gasteiger partial charge >= 0.3 is 0 Å². The SMILES string of the molecule is CNC1CCN(C(=O)c2ccc([N+](=O)[O-])cc2OC)C1. The fourth-order valence-corrected chi connectivity index (χ4v) is 2.32. The average molecular weight is 279 g/mol. The Morgan fingerprint density at radius 1 is 1.55 bits per heavy atom. The molecular formula is C13H17N3O4. The molecule has 0 aromatic heterocycles. The molecule has 0 radical (unpaired) electrons. The summed E-state index contributed by atoms with van der Waals surface area (Å²) in [6.45, 7) is 1.31. The molecule has 1 heterocycles. The number of likely N-dealkylation sites (N-methyl/N-ethyl adjacent to an activating group) is 1. The summed E-state index contributed by atoms with van der Waals surface area (Å²) in [6, 6.07) is 4.34. The number of amides is 1. The number of nitro benzene ring substituents is 1. The maximum Gasteiger partial charge on any atom is 0.273 e. The predicted octanol–water partition coefficient (Wildman–Crippen LogP) is 1.04. The molecule has 1 fully saturated rings. The monoisotopic (exact) mass is 279 g/mol. The van der Waals surface area contributed by atoms with Crippen LogP contribution in [-0.2, 0) is 0 Å². The van der Waals surface area contributed by atoms with Gasteiger partial charge in [-0.25, -0.2) is 0 Å². The van der Waals surface area contributed by atoms with Crippen LogP contribution in [0.3, 0.4) is 0 Å². The topological polar surface area (TPSA) is 84.7 Å². The van der Waals surface area contributed by atoms with E-state index in [9.17, 15) is 14.9 Å². The van der Waals surface area contributed by atoms with Crippen LogP contribution in [0.1, 0.15) is 16.8 Å². The van der Waals surface area contributed by atoms with Gasteiger partial charge in [-0.2, -0.15) is 0 Å². The molecule has 0 spiro atoms. The molecule has 1 saturated heterocycles. The third-order valence-corrected chi connectivity index (χ3v) is 3.51. The van der Waals surface area contributed by atoms with Gasteiger partial charge in [0.25, 0.3) is 11.6 Å². The minimum absolute atomic E-state index is 0.0899. The molecule has 108 valence electrons. The highest BCUT2D eigenvalue weighted by molar-refractivity contribution is 5.97. The molecule has 1 aromatic rings. The molecule has 1 unspecified atom stereocenters. The van der Waals surface area contributed by atoms with Gasteiger partial charge in [0.05, 0.1) is 23.7 Å². The lowest BCUT2D eigenvalue weighted by Crippen LogP contribution is -2.33. The van der Waals surface area contributed by atoms with Crippen LogP contribution in [-0.4, -0.2) is 49.0 Å². The summed E-state index contributed by atoms with van der Waals surface area (Å²) < 4.78 is 5.10. The van der Waals surface area contributed by atoms with Crippen LogP contribution in [0.4, 0.5) is 5.69 Å². The second kappa shape index (κ2) is 5.87. The number of benzene rings is 1. The number of likely N-dealkylation sites (tertiary alicyclic amines) is 1.